The Hall–Kier alpha value is -2.49. The average Bonchev–Trinajstić information content (AvgIpc) is 3.22. The van der Waals surface area contributed by atoms with Crippen molar-refractivity contribution >= 4 is 28.4 Å². The van der Waals surface area contributed by atoms with Crippen LogP contribution in [0.4, 0.5) is 9.93 Å². The normalized spacial score (nSPS) is 20.3. The van der Waals surface area contributed by atoms with E-state index in [2.05, 4.69) is 20.6 Å². The van der Waals surface area contributed by atoms with Crippen molar-refractivity contribution in [2.75, 3.05) is 25.0 Å². The van der Waals surface area contributed by atoms with E-state index in [9.17, 15) is 9.59 Å². The van der Waals surface area contributed by atoms with E-state index < -0.39 is 0 Å². The lowest BCUT2D eigenvalue weighted by Crippen LogP contribution is -2.56. The number of anilines is 1. The van der Waals surface area contributed by atoms with E-state index in [1.54, 1.807) is 33.9 Å². The number of hydrogen-bond donors (Lipinski definition) is 1. The van der Waals surface area contributed by atoms with Crippen molar-refractivity contribution in [1.29, 1.82) is 0 Å². The number of nitrogens with one attached hydrogen (secondary N) is 1. The Morgan fingerprint density at radius 3 is 2.73 bits per heavy atom. The molecule has 3 amide bonds. The summed E-state index contributed by atoms with van der Waals surface area (Å²) in [6, 6.07) is -0.262. The zero-order valence-corrected chi connectivity index (χ0v) is 15.6. The van der Waals surface area contributed by atoms with Crippen LogP contribution in [0.25, 0.3) is 0 Å². The standard InChI is InChI=1S/C16H21N7O2S/c1-10-8-22(5-6-23(10)14(24)12-7-17-21(2)9-12)16(25)18-15-20-19-13(26-15)11-3-4-11/h7,9-11H,3-6,8H2,1-2H3,(H,18,20,25)/t10-/m0/s1. The van der Waals surface area contributed by atoms with Gasteiger partial charge in [0, 0.05) is 44.8 Å². The number of aromatic nitrogens is 4. The number of carbonyl (C=O) groups excluding carboxylic acids is 2. The number of amides is 3. The summed E-state index contributed by atoms with van der Waals surface area (Å²) < 4.78 is 1.61. The SMILES string of the molecule is C[C@H]1CN(C(=O)Nc2nnc(C3CC3)s2)CCN1C(=O)c1cnn(C)c1. The Morgan fingerprint density at radius 2 is 2.08 bits per heavy atom. The van der Waals surface area contributed by atoms with Crippen molar-refractivity contribution < 1.29 is 9.59 Å². The van der Waals surface area contributed by atoms with Crippen molar-refractivity contribution in [3.63, 3.8) is 0 Å². The molecule has 2 aromatic rings. The Bertz CT molecular complexity index is 828. The number of rotatable bonds is 3. The van der Waals surface area contributed by atoms with E-state index in [1.165, 1.54) is 11.3 Å². The van der Waals surface area contributed by atoms with Crippen LogP contribution in [0.1, 0.15) is 41.0 Å². The average molecular weight is 375 g/mol. The first kappa shape index (κ1) is 17.0. The highest BCUT2D eigenvalue weighted by Crippen LogP contribution is 2.42. The predicted molar refractivity (Wildman–Crippen MR) is 96.2 cm³/mol. The lowest BCUT2D eigenvalue weighted by atomic mass is 10.1. The van der Waals surface area contributed by atoms with Crippen molar-refractivity contribution in [1.82, 2.24) is 29.8 Å². The van der Waals surface area contributed by atoms with Gasteiger partial charge in [-0.1, -0.05) is 11.3 Å². The smallest absolute Gasteiger partial charge is 0.323 e. The Kier molecular flexibility index (Phi) is 4.35. The van der Waals surface area contributed by atoms with Gasteiger partial charge in [0.2, 0.25) is 5.13 Å². The lowest BCUT2D eigenvalue weighted by molar-refractivity contribution is 0.0549. The van der Waals surface area contributed by atoms with Crippen LogP contribution in [-0.4, -0.2) is 67.4 Å². The number of hydrogen-bond acceptors (Lipinski definition) is 6. The van der Waals surface area contributed by atoms with Crippen LogP contribution in [0.15, 0.2) is 12.4 Å². The minimum Gasteiger partial charge on any atom is -0.332 e. The van der Waals surface area contributed by atoms with Gasteiger partial charge in [0.1, 0.15) is 5.01 Å². The van der Waals surface area contributed by atoms with Crippen molar-refractivity contribution in [3.8, 4) is 0 Å². The molecule has 10 heteroatoms. The molecule has 1 aliphatic carbocycles. The Balaban J connectivity index is 1.35. The summed E-state index contributed by atoms with van der Waals surface area (Å²) in [6.07, 6.45) is 5.60. The number of aryl methyl sites for hydroxylation is 1. The van der Waals surface area contributed by atoms with Gasteiger partial charge in [-0.15, -0.1) is 10.2 Å². The maximum absolute atomic E-state index is 12.6. The summed E-state index contributed by atoms with van der Waals surface area (Å²) >= 11 is 1.45. The highest BCUT2D eigenvalue weighted by molar-refractivity contribution is 7.15. The fraction of sp³-hybridized carbons (Fsp3) is 0.562. The predicted octanol–water partition coefficient (Wildman–Crippen LogP) is 1.53. The second kappa shape index (κ2) is 6.67. The summed E-state index contributed by atoms with van der Waals surface area (Å²) in [7, 11) is 1.78. The largest absolute Gasteiger partial charge is 0.332 e. The van der Waals surface area contributed by atoms with E-state index in [-0.39, 0.29) is 18.0 Å². The van der Waals surface area contributed by atoms with Crippen LogP contribution in [-0.2, 0) is 7.05 Å². The van der Waals surface area contributed by atoms with Gasteiger partial charge in [0.15, 0.2) is 0 Å². The first-order valence-electron chi connectivity index (χ1n) is 8.70. The molecule has 1 N–H and O–H groups in total. The van der Waals surface area contributed by atoms with Crippen LogP contribution in [0, 0.1) is 0 Å². The Labute approximate surface area is 155 Å². The van der Waals surface area contributed by atoms with E-state index in [1.807, 2.05) is 6.92 Å². The maximum atomic E-state index is 12.6. The minimum atomic E-state index is -0.191. The van der Waals surface area contributed by atoms with Crippen LogP contribution in [0.2, 0.25) is 0 Å². The molecule has 2 aromatic heterocycles. The van der Waals surface area contributed by atoms with Crippen LogP contribution >= 0.6 is 11.3 Å². The van der Waals surface area contributed by atoms with Gasteiger partial charge in [-0.2, -0.15) is 5.10 Å². The van der Waals surface area contributed by atoms with Crippen LogP contribution in [0.3, 0.4) is 0 Å². The fourth-order valence-corrected chi connectivity index (χ4v) is 3.99. The highest BCUT2D eigenvalue weighted by atomic mass is 32.1. The number of urea groups is 1. The lowest BCUT2D eigenvalue weighted by Gasteiger charge is -2.39. The van der Waals surface area contributed by atoms with Gasteiger partial charge in [0.05, 0.1) is 11.8 Å². The van der Waals surface area contributed by atoms with Gasteiger partial charge in [-0.3, -0.25) is 14.8 Å². The molecule has 4 rings (SSSR count). The number of piperazine rings is 1. The van der Waals surface area contributed by atoms with Crippen LogP contribution < -0.4 is 5.32 Å². The molecule has 0 bridgehead atoms. The quantitative estimate of drug-likeness (QED) is 0.878. The molecule has 3 heterocycles. The zero-order chi connectivity index (χ0) is 18.3. The minimum absolute atomic E-state index is 0.0520. The second-order valence-corrected chi connectivity index (χ2v) is 7.86. The van der Waals surface area contributed by atoms with E-state index in [4.69, 9.17) is 0 Å². The van der Waals surface area contributed by atoms with Gasteiger partial charge < -0.3 is 9.80 Å². The molecule has 26 heavy (non-hydrogen) atoms. The molecule has 1 saturated heterocycles. The molecule has 2 aliphatic rings. The summed E-state index contributed by atoms with van der Waals surface area (Å²) in [5.74, 6) is 0.476. The molecule has 1 aliphatic heterocycles. The van der Waals surface area contributed by atoms with Crippen molar-refractivity contribution in [2.24, 2.45) is 7.05 Å². The summed E-state index contributed by atoms with van der Waals surface area (Å²) in [6.45, 7) is 3.40. The molecule has 9 nitrogen and oxygen atoms in total. The molecule has 0 unspecified atom stereocenters. The molecular formula is C16H21N7O2S. The maximum Gasteiger partial charge on any atom is 0.323 e. The molecule has 1 saturated carbocycles. The molecule has 1 atom stereocenters. The first-order valence-corrected chi connectivity index (χ1v) is 9.52. The van der Waals surface area contributed by atoms with E-state index in [0.717, 1.165) is 17.8 Å². The molecule has 0 radical (unpaired) electrons. The molecule has 0 aromatic carbocycles. The van der Waals surface area contributed by atoms with E-state index >= 15 is 0 Å². The number of carbonyl (C=O) groups is 2. The Morgan fingerprint density at radius 1 is 1.27 bits per heavy atom. The molecule has 0 spiro atoms. The highest BCUT2D eigenvalue weighted by Gasteiger charge is 2.32. The summed E-state index contributed by atoms with van der Waals surface area (Å²) in [5, 5.41) is 16.6. The third-order valence-electron chi connectivity index (χ3n) is 4.71. The van der Waals surface area contributed by atoms with Crippen molar-refractivity contribution in [2.45, 2.75) is 31.7 Å². The molecule has 2 fully saturated rings. The van der Waals surface area contributed by atoms with Gasteiger partial charge >= 0.3 is 6.03 Å². The first-order chi connectivity index (χ1) is 12.5. The summed E-state index contributed by atoms with van der Waals surface area (Å²) in [5.41, 5.74) is 0.568. The van der Waals surface area contributed by atoms with Gasteiger partial charge in [-0.25, -0.2) is 4.79 Å². The van der Waals surface area contributed by atoms with Crippen LogP contribution in [0.5, 0.6) is 0 Å². The zero-order valence-electron chi connectivity index (χ0n) is 14.8. The van der Waals surface area contributed by atoms with Gasteiger partial charge in [-0.05, 0) is 19.8 Å². The fourth-order valence-electron chi connectivity index (χ4n) is 3.09. The van der Waals surface area contributed by atoms with E-state index in [0.29, 0.717) is 36.2 Å². The monoisotopic (exact) mass is 375 g/mol. The number of nitrogens with zero attached hydrogens (tertiary/aromatic N) is 6. The second-order valence-electron chi connectivity index (χ2n) is 6.85. The topological polar surface area (TPSA) is 96.2 Å². The molecule has 138 valence electrons. The van der Waals surface area contributed by atoms with Gasteiger partial charge in [0.25, 0.3) is 5.91 Å². The molecular weight excluding hydrogens is 354 g/mol. The van der Waals surface area contributed by atoms with Crippen molar-refractivity contribution in [3.05, 3.63) is 23.0 Å². The summed E-state index contributed by atoms with van der Waals surface area (Å²) in [4.78, 5) is 28.6. The third kappa shape index (κ3) is 3.41. The third-order valence-corrected chi connectivity index (χ3v) is 5.71.